The van der Waals surface area contributed by atoms with E-state index in [0.29, 0.717) is 6.54 Å². The van der Waals surface area contributed by atoms with E-state index in [1.165, 1.54) is 0 Å². The van der Waals surface area contributed by atoms with Crippen LogP contribution in [0.4, 0.5) is 4.79 Å². The van der Waals surface area contributed by atoms with E-state index in [-0.39, 0.29) is 5.92 Å². The summed E-state index contributed by atoms with van der Waals surface area (Å²) in [6, 6.07) is -1.40. The first-order valence-electron chi connectivity index (χ1n) is 5.25. The minimum absolute atomic E-state index is 0.174. The van der Waals surface area contributed by atoms with Crippen molar-refractivity contribution in [3.63, 3.8) is 0 Å². The van der Waals surface area contributed by atoms with Gasteiger partial charge in [0.2, 0.25) is 0 Å². The first kappa shape index (κ1) is 13.0. The highest BCUT2D eigenvalue weighted by Crippen LogP contribution is 2.01. The van der Waals surface area contributed by atoms with E-state index in [4.69, 9.17) is 5.11 Å². The molecule has 7 nitrogen and oxygen atoms in total. The van der Waals surface area contributed by atoms with Crippen LogP contribution in [0.1, 0.15) is 19.4 Å². The predicted octanol–water partition coefficient (Wildman–Crippen LogP) is 0.318. The number of aromatic nitrogens is 2. The lowest BCUT2D eigenvalue weighted by Crippen LogP contribution is -2.48. The normalized spacial score (nSPS) is 12.2. The number of amides is 2. The lowest BCUT2D eigenvalue weighted by Gasteiger charge is -2.18. The second-order valence-electron chi connectivity index (χ2n) is 3.99. The molecule has 0 radical (unpaired) electrons. The molecule has 2 amide bonds. The van der Waals surface area contributed by atoms with Gasteiger partial charge in [-0.2, -0.15) is 5.10 Å². The summed E-state index contributed by atoms with van der Waals surface area (Å²) in [5, 5.41) is 20.2. The topological polar surface area (TPSA) is 107 Å². The molecule has 4 N–H and O–H groups in total. The van der Waals surface area contributed by atoms with Crippen LogP contribution < -0.4 is 10.6 Å². The monoisotopic (exact) mass is 240 g/mol. The van der Waals surface area contributed by atoms with Crippen molar-refractivity contribution in [3.05, 3.63) is 18.0 Å². The van der Waals surface area contributed by atoms with Gasteiger partial charge in [0.15, 0.2) is 0 Å². The summed E-state index contributed by atoms with van der Waals surface area (Å²) in [6.07, 6.45) is 3.23. The smallest absolute Gasteiger partial charge is 0.326 e. The van der Waals surface area contributed by atoms with Gasteiger partial charge in [0.05, 0.1) is 6.20 Å². The summed E-state index contributed by atoms with van der Waals surface area (Å²) in [6.45, 7) is 3.76. The van der Waals surface area contributed by atoms with Gasteiger partial charge in [0.25, 0.3) is 0 Å². The number of carbonyl (C=O) groups excluding carboxylic acids is 1. The second-order valence-corrected chi connectivity index (χ2v) is 3.99. The highest BCUT2D eigenvalue weighted by atomic mass is 16.4. The minimum atomic E-state index is -1.04. The van der Waals surface area contributed by atoms with Crippen LogP contribution in [0.15, 0.2) is 12.4 Å². The van der Waals surface area contributed by atoms with Gasteiger partial charge in [-0.15, -0.1) is 0 Å². The van der Waals surface area contributed by atoms with Crippen molar-refractivity contribution in [1.82, 2.24) is 20.8 Å². The number of carbonyl (C=O) groups is 2. The quantitative estimate of drug-likeness (QED) is 0.594. The maximum absolute atomic E-state index is 11.4. The van der Waals surface area contributed by atoms with Crippen LogP contribution in [0.25, 0.3) is 0 Å². The lowest BCUT2D eigenvalue weighted by atomic mass is 10.1. The van der Waals surface area contributed by atoms with Crippen molar-refractivity contribution in [2.45, 2.75) is 26.4 Å². The fourth-order valence-corrected chi connectivity index (χ4v) is 1.26. The van der Waals surface area contributed by atoms with Gasteiger partial charge in [-0.25, -0.2) is 9.59 Å². The zero-order valence-electron chi connectivity index (χ0n) is 9.73. The van der Waals surface area contributed by atoms with Gasteiger partial charge >= 0.3 is 12.0 Å². The third-order valence-corrected chi connectivity index (χ3v) is 2.23. The molecular formula is C10H16N4O3. The van der Waals surface area contributed by atoms with Crippen LogP contribution in [0.3, 0.4) is 0 Å². The molecule has 0 fully saturated rings. The average Bonchev–Trinajstić information content (AvgIpc) is 2.74. The molecule has 0 aliphatic carbocycles. The van der Waals surface area contributed by atoms with Crippen LogP contribution in [-0.4, -0.2) is 33.3 Å². The van der Waals surface area contributed by atoms with E-state index in [9.17, 15) is 9.59 Å². The molecule has 1 heterocycles. The molecule has 0 saturated carbocycles. The fraction of sp³-hybridized carbons (Fsp3) is 0.500. The van der Waals surface area contributed by atoms with Crippen LogP contribution in [0.2, 0.25) is 0 Å². The van der Waals surface area contributed by atoms with E-state index in [1.807, 2.05) is 0 Å². The number of nitrogens with zero attached hydrogens (tertiary/aromatic N) is 1. The van der Waals surface area contributed by atoms with Crippen LogP contribution >= 0.6 is 0 Å². The number of nitrogens with one attached hydrogen (secondary N) is 3. The number of aromatic amines is 1. The van der Waals surface area contributed by atoms with Gasteiger partial charge in [0.1, 0.15) is 6.04 Å². The molecule has 94 valence electrons. The van der Waals surface area contributed by atoms with Gasteiger partial charge in [-0.3, -0.25) is 5.10 Å². The number of hydrogen-bond acceptors (Lipinski definition) is 3. The Morgan fingerprint density at radius 2 is 2.24 bits per heavy atom. The molecule has 1 atom stereocenters. The predicted molar refractivity (Wildman–Crippen MR) is 60.2 cm³/mol. The maximum atomic E-state index is 11.4. The molecule has 0 unspecified atom stereocenters. The number of aliphatic carboxylic acids is 1. The highest BCUT2D eigenvalue weighted by molar-refractivity contribution is 5.82. The standard InChI is InChI=1S/C10H16N4O3/c1-6(2)8(9(15)16)14-10(17)11-3-7-4-12-13-5-7/h4-6,8H,3H2,1-2H3,(H,12,13)(H,15,16)(H2,11,14,17)/t8-/m1/s1. The van der Waals surface area contributed by atoms with Crippen molar-refractivity contribution in [1.29, 1.82) is 0 Å². The number of rotatable bonds is 5. The van der Waals surface area contributed by atoms with Crippen molar-refractivity contribution in [3.8, 4) is 0 Å². The molecule has 0 aliphatic heterocycles. The van der Waals surface area contributed by atoms with E-state index in [1.54, 1.807) is 26.2 Å². The van der Waals surface area contributed by atoms with Gasteiger partial charge < -0.3 is 15.7 Å². The Kier molecular flexibility index (Phi) is 4.50. The fourth-order valence-electron chi connectivity index (χ4n) is 1.26. The lowest BCUT2D eigenvalue weighted by molar-refractivity contribution is -0.140. The van der Waals surface area contributed by atoms with Crippen LogP contribution in [0, 0.1) is 5.92 Å². The molecule has 17 heavy (non-hydrogen) atoms. The average molecular weight is 240 g/mol. The Morgan fingerprint density at radius 1 is 1.53 bits per heavy atom. The summed E-state index contributed by atoms with van der Waals surface area (Å²) in [5.74, 6) is -1.22. The van der Waals surface area contributed by atoms with Crippen molar-refractivity contribution in [2.75, 3.05) is 0 Å². The largest absolute Gasteiger partial charge is 0.480 e. The highest BCUT2D eigenvalue weighted by Gasteiger charge is 2.23. The summed E-state index contributed by atoms with van der Waals surface area (Å²) in [4.78, 5) is 22.3. The third-order valence-electron chi connectivity index (χ3n) is 2.23. The van der Waals surface area contributed by atoms with Gasteiger partial charge in [0, 0.05) is 18.3 Å². The van der Waals surface area contributed by atoms with Crippen molar-refractivity contribution < 1.29 is 14.7 Å². The molecule has 0 aromatic carbocycles. The molecule has 0 bridgehead atoms. The summed E-state index contributed by atoms with van der Waals surface area (Å²) >= 11 is 0. The molecule has 1 aromatic heterocycles. The molecule has 0 aliphatic rings. The molecule has 1 aromatic rings. The minimum Gasteiger partial charge on any atom is -0.480 e. The molecule has 7 heteroatoms. The van der Waals surface area contributed by atoms with Crippen LogP contribution in [0.5, 0.6) is 0 Å². The number of urea groups is 1. The SMILES string of the molecule is CC(C)[C@@H](NC(=O)NCc1cn[nH]c1)C(=O)O. The maximum Gasteiger partial charge on any atom is 0.326 e. The number of hydrogen-bond donors (Lipinski definition) is 4. The third kappa shape index (κ3) is 4.13. The van der Waals surface area contributed by atoms with E-state index >= 15 is 0 Å². The Labute approximate surface area is 98.6 Å². The Balaban J connectivity index is 2.40. The van der Waals surface area contributed by atoms with E-state index in [2.05, 4.69) is 20.8 Å². The summed E-state index contributed by atoms with van der Waals surface area (Å²) in [7, 11) is 0. The van der Waals surface area contributed by atoms with Crippen molar-refractivity contribution in [2.24, 2.45) is 5.92 Å². The summed E-state index contributed by atoms with van der Waals surface area (Å²) in [5.41, 5.74) is 0.816. The molecule has 1 rings (SSSR count). The van der Waals surface area contributed by atoms with E-state index in [0.717, 1.165) is 5.56 Å². The van der Waals surface area contributed by atoms with Gasteiger partial charge in [-0.1, -0.05) is 13.8 Å². The number of carboxylic acids is 1. The first-order chi connectivity index (χ1) is 8.00. The summed E-state index contributed by atoms with van der Waals surface area (Å²) < 4.78 is 0. The second kappa shape index (κ2) is 5.88. The number of H-pyrrole nitrogens is 1. The number of carboxylic acid groups (broad SMARTS) is 1. The molecular weight excluding hydrogens is 224 g/mol. The molecule has 0 spiro atoms. The van der Waals surface area contributed by atoms with Crippen molar-refractivity contribution >= 4 is 12.0 Å². The Hall–Kier alpha value is -2.05. The van der Waals surface area contributed by atoms with Crippen LogP contribution in [-0.2, 0) is 11.3 Å². The Morgan fingerprint density at radius 3 is 2.71 bits per heavy atom. The Bertz CT molecular complexity index is 375. The van der Waals surface area contributed by atoms with E-state index < -0.39 is 18.0 Å². The zero-order valence-corrected chi connectivity index (χ0v) is 9.73. The zero-order chi connectivity index (χ0) is 12.8. The first-order valence-corrected chi connectivity index (χ1v) is 5.25. The molecule has 0 saturated heterocycles. The van der Waals surface area contributed by atoms with Gasteiger partial charge in [-0.05, 0) is 5.92 Å².